The van der Waals surface area contributed by atoms with Gasteiger partial charge in [0.1, 0.15) is 0 Å². The number of halogens is 5. The molecule has 41 heavy (non-hydrogen) atoms. The molecular formula is C33H30F5NO2. The average molecular weight is 568 g/mol. The number of alkyl halides is 5. The van der Waals surface area contributed by atoms with Crippen molar-refractivity contribution in [1.29, 1.82) is 0 Å². The fourth-order valence-electron chi connectivity index (χ4n) is 5.71. The summed E-state index contributed by atoms with van der Waals surface area (Å²) in [5.41, 5.74) is 5.68. The number of fused-ring (bicyclic) bond motifs is 1. The smallest absolute Gasteiger partial charge is 0.417 e. The minimum Gasteiger partial charge on any atom is -0.478 e. The van der Waals surface area contributed by atoms with E-state index in [9.17, 15) is 31.9 Å². The highest BCUT2D eigenvalue weighted by Gasteiger charge is 2.35. The SMILES string of the molecule is Cc1ccc(C2=C(c3ccc(C=C4CN(CCC(F)F)C4)cc3)c3ccc(C(=O)O)cc3CCC2)c(C(F)(F)F)c1. The van der Waals surface area contributed by atoms with E-state index in [4.69, 9.17) is 0 Å². The summed E-state index contributed by atoms with van der Waals surface area (Å²) in [6.45, 7) is 3.26. The van der Waals surface area contributed by atoms with Crippen molar-refractivity contribution in [1.82, 2.24) is 4.90 Å². The van der Waals surface area contributed by atoms with Gasteiger partial charge in [0.2, 0.25) is 6.43 Å². The first-order chi connectivity index (χ1) is 19.5. The first-order valence-corrected chi connectivity index (χ1v) is 13.6. The normalized spacial score (nSPS) is 15.9. The van der Waals surface area contributed by atoms with E-state index >= 15 is 0 Å². The van der Waals surface area contributed by atoms with E-state index in [1.54, 1.807) is 31.2 Å². The Morgan fingerprint density at radius 2 is 1.68 bits per heavy atom. The minimum absolute atomic E-state index is 0.137. The van der Waals surface area contributed by atoms with Gasteiger partial charge >= 0.3 is 12.1 Å². The zero-order valence-corrected chi connectivity index (χ0v) is 22.6. The molecule has 1 saturated heterocycles. The number of hydrogen-bond donors (Lipinski definition) is 1. The van der Waals surface area contributed by atoms with Crippen molar-refractivity contribution < 1.29 is 31.9 Å². The Morgan fingerprint density at radius 3 is 2.34 bits per heavy atom. The molecule has 0 spiro atoms. The Balaban J connectivity index is 1.58. The molecule has 3 nitrogen and oxygen atoms in total. The molecule has 0 aromatic heterocycles. The van der Waals surface area contributed by atoms with Gasteiger partial charge in [-0.2, -0.15) is 13.2 Å². The van der Waals surface area contributed by atoms with Crippen molar-refractivity contribution in [3.05, 3.63) is 111 Å². The van der Waals surface area contributed by atoms with Crippen LogP contribution in [0.3, 0.4) is 0 Å². The maximum absolute atomic E-state index is 14.2. The van der Waals surface area contributed by atoms with Gasteiger partial charge in [-0.3, -0.25) is 4.90 Å². The summed E-state index contributed by atoms with van der Waals surface area (Å²) in [5.74, 6) is -1.05. The largest absolute Gasteiger partial charge is 0.478 e. The number of carbonyl (C=O) groups is 1. The van der Waals surface area contributed by atoms with Crippen molar-refractivity contribution in [3.63, 3.8) is 0 Å². The molecule has 1 aliphatic heterocycles. The van der Waals surface area contributed by atoms with Crippen LogP contribution >= 0.6 is 0 Å². The zero-order chi connectivity index (χ0) is 29.3. The van der Waals surface area contributed by atoms with Gasteiger partial charge < -0.3 is 5.11 Å². The molecule has 1 fully saturated rings. The predicted molar refractivity (Wildman–Crippen MR) is 150 cm³/mol. The molecule has 214 valence electrons. The van der Waals surface area contributed by atoms with E-state index in [-0.39, 0.29) is 17.5 Å². The summed E-state index contributed by atoms with van der Waals surface area (Å²) >= 11 is 0. The number of hydrogen-bond acceptors (Lipinski definition) is 2. The van der Waals surface area contributed by atoms with Gasteiger partial charge in [-0.25, -0.2) is 13.6 Å². The Kier molecular flexibility index (Phi) is 8.13. The highest BCUT2D eigenvalue weighted by atomic mass is 19.4. The second-order valence-electron chi connectivity index (χ2n) is 10.7. The Hall–Kier alpha value is -3.78. The third-order valence-corrected chi connectivity index (χ3v) is 7.69. The van der Waals surface area contributed by atoms with Gasteiger partial charge in [0.05, 0.1) is 11.1 Å². The summed E-state index contributed by atoms with van der Waals surface area (Å²) in [6, 6.07) is 16.8. The highest BCUT2D eigenvalue weighted by molar-refractivity contribution is 6.01. The Morgan fingerprint density at radius 1 is 0.976 bits per heavy atom. The van der Waals surface area contributed by atoms with Crippen LogP contribution in [0.1, 0.15) is 68.6 Å². The standard InChI is InChI=1S/C33H30F5NO2/c1-20-5-11-27(29(15-20)33(36,37)38)28-4-2-3-24-17-25(32(40)41)10-12-26(24)31(28)23-8-6-21(7-9-23)16-22-18-39(19-22)14-13-30(34)35/h5-12,15-17,30H,2-4,13-14,18-19H2,1H3,(H,40,41). The molecular weight excluding hydrogens is 537 g/mol. The van der Waals surface area contributed by atoms with Crippen LogP contribution in [0.2, 0.25) is 0 Å². The molecule has 5 rings (SSSR count). The summed E-state index contributed by atoms with van der Waals surface area (Å²) < 4.78 is 67.7. The molecule has 0 radical (unpaired) electrons. The molecule has 0 atom stereocenters. The first-order valence-electron chi connectivity index (χ1n) is 13.6. The molecule has 0 unspecified atom stereocenters. The van der Waals surface area contributed by atoms with Gasteiger partial charge in [-0.05, 0) is 88.9 Å². The molecule has 0 bridgehead atoms. The third kappa shape index (κ3) is 6.43. The number of allylic oxidation sites excluding steroid dienone is 1. The minimum atomic E-state index is -4.54. The monoisotopic (exact) mass is 567 g/mol. The molecule has 3 aromatic rings. The topological polar surface area (TPSA) is 40.5 Å². The van der Waals surface area contributed by atoms with E-state index in [0.717, 1.165) is 27.8 Å². The number of aromatic carboxylic acids is 1. The third-order valence-electron chi connectivity index (χ3n) is 7.69. The van der Waals surface area contributed by atoms with Crippen LogP contribution in [0.25, 0.3) is 17.2 Å². The van der Waals surface area contributed by atoms with Gasteiger partial charge in [-0.15, -0.1) is 0 Å². The molecule has 3 aromatic carbocycles. The van der Waals surface area contributed by atoms with Gasteiger partial charge in [-0.1, -0.05) is 54.1 Å². The number of likely N-dealkylation sites (tertiary alicyclic amines) is 1. The summed E-state index contributed by atoms with van der Waals surface area (Å²) in [6.07, 6.45) is -3.46. The quantitative estimate of drug-likeness (QED) is 0.292. The molecule has 8 heteroatoms. The molecule has 1 heterocycles. The number of nitrogens with zero attached hydrogens (tertiary/aromatic N) is 1. The van der Waals surface area contributed by atoms with Crippen molar-refractivity contribution in [2.45, 2.75) is 45.2 Å². The predicted octanol–water partition coefficient (Wildman–Crippen LogP) is 8.36. The van der Waals surface area contributed by atoms with E-state index in [2.05, 4.69) is 0 Å². The fraction of sp³-hybridized carbons (Fsp3) is 0.303. The van der Waals surface area contributed by atoms with Crippen LogP contribution in [0, 0.1) is 6.92 Å². The van der Waals surface area contributed by atoms with E-state index < -0.39 is 24.1 Å². The molecule has 1 N–H and O–H groups in total. The summed E-state index contributed by atoms with van der Waals surface area (Å²) in [5, 5.41) is 9.54. The van der Waals surface area contributed by atoms with Crippen LogP contribution < -0.4 is 0 Å². The lowest BCUT2D eigenvalue weighted by Crippen LogP contribution is -2.40. The van der Waals surface area contributed by atoms with Crippen molar-refractivity contribution in [2.75, 3.05) is 19.6 Å². The zero-order valence-electron chi connectivity index (χ0n) is 22.6. The van der Waals surface area contributed by atoms with E-state index in [1.165, 1.54) is 12.1 Å². The molecule has 1 aliphatic carbocycles. The second kappa shape index (κ2) is 11.6. The number of aryl methyl sites for hydroxylation is 2. The van der Waals surface area contributed by atoms with Crippen LogP contribution in [0.4, 0.5) is 22.0 Å². The Labute approximate surface area is 235 Å². The van der Waals surface area contributed by atoms with Crippen LogP contribution in [0.5, 0.6) is 0 Å². The van der Waals surface area contributed by atoms with Crippen LogP contribution in [0.15, 0.2) is 66.2 Å². The molecule has 2 aliphatic rings. The van der Waals surface area contributed by atoms with E-state index in [1.807, 2.05) is 35.2 Å². The van der Waals surface area contributed by atoms with Gasteiger partial charge in [0.15, 0.2) is 0 Å². The maximum Gasteiger partial charge on any atom is 0.417 e. The van der Waals surface area contributed by atoms with Crippen molar-refractivity contribution in [2.24, 2.45) is 0 Å². The maximum atomic E-state index is 14.2. The van der Waals surface area contributed by atoms with Crippen molar-refractivity contribution >= 4 is 23.2 Å². The lowest BCUT2D eigenvalue weighted by atomic mass is 9.85. The number of rotatable bonds is 7. The highest BCUT2D eigenvalue weighted by Crippen LogP contribution is 2.44. The number of carboxylic acid groups (broad SMARTS) is 1. The summed E-state index contributed by atoms with van der Waals surface area (Å²) in [4.78, 5) is 13.6. The van der Waals surface area contributed by atoms with Crippen LogP contribution in [-0.4, -0.2) is 42.0 Å². The fourth-order valence-corrected chi connectivity index (χ4v) is 5.71. The lowest BCUT2D eigenvalue weighted by molar-refractivity contribution is -0.137. The Bertz CT molecular complexity index is 1510. The molecule has 0 saturated carbocycles. The second-order valence-corrected chi connectivity index (χ2v) is 10.7. The summed E-state index contributed by atoms with van der Waals surface area (Å²) in [7, 11) is 0. The molecule has 0 amide bonds. The van der Waals surface area contributed by atoms with Gasteiger partial charge in [0, 0.05) is 26.1 Å². The van der Waals surface area contributed by atoms with Gasteiger partial charge in [0.25, 0.3) is 0 Å². The number of benzene rings is 3. The van der Waals surface area contributed by atoms with E-state index in [0.29, 0.717) is 55.6 Å². The van der Waals surface area contributed by atoms with Crippen LogP contribution in [-0.2, 0) is 12.6 Å². The average Bonchev–Trinajstić information content (AvgIpc) is 3.08. The number of carboxylic acids is 1. The lowest BCUT2D eigenvalue weighted by Gasteiger charge is -2.34. The first kappa shape index (κ1) is 28.7. The van der Waals surface area contributed by atoms with Crippen molar-refractivity contribution in [3.8, 4) is 0 Å².